The van der Waals surface area contributed by atoms with Crippen LogP contribution in [0, 0.1) is 6.92 Å². The number of hydrogen-bond donors (Lipinski definition) is 1. The van der Waals surface area contributed by atoms with E-state index in [1.54, 1.807) is 30.3 Å². The molecule has 1 aromatic rings. The molecule has 0 spiro atoms. The van der Waals surface area contributed by atoms with Crippen molar-refractivity contribution in [1.82, 2.24) is 20.1 Å². The summed E-state index contributed by atoms with van der Waals surface area (Å²) in [5, 5.41) is 4.52. The zero-order valence-corrected chi connectivity index (χ0v) is 18.6. The Balaban J connectivity index is 0.00000529. The van der Waals surface area contributed by atoms with Gasteiger partial charge < -0.3 is 15.1 Å². The van der Waals surface area contributed by atoms with Gasteiger partial charge in [0.05, 0.1) is 5.01 Å². The molecule has 0 fully saturated rings. The number of halogens is 1. The number of carbonyl (C=O) groups excluding carboxylic acids is 1. The third kappa shape index (κ3) is 8.27. The molecular formula is C16H30IN5OS. The highest BCUT2D eigenvalue weighted by Gasteiger charge is 2.12. The minimum atomic E-state index is -0.00241. The number of likely N-dealkylation sites (N-methyl/N-ethyl adjacent to an activating group) is 2. The molecule has 6 nitrogen and oxygen atoms in total. The summed E-state index contributed by atoms with van der Waals surface area (Å²) in [6, 6.07) is 0.313. The number of nitrogens with zero attached hydrogens (tertiary/aromatic N) is 4. The van der Waals surface area contributed by atoms with Gasteiger partial charge in [0.25, 0.3) is 0 Å². The number of hydrogen-bond acceptors (Lipinski definition) is 4. The first-order chi connectivity index (χ1) is 10.8. The number of amides is 1. The van der Waals surface area contributed by atoms with Crippen molar-refractivity contribution < 1.29 is 4.79 Å². The van der Waals surface area contributed by atoms with Gasteiger partial charge in [0, 0.05) is 51.2 Å². The molecule has 0 aliphatic heterocycles. The average molecular weight is 467 g/mol. The van der Waals surface area contributed by atoms with E-state index in [1.165, 1.54) is 4.88 Å². The summed E-state index contributed by atoms with van der Waals surface area (Å²) in [5.41, 5.74) is 0. The van der Waals surface area contributed by atoms with Crippen molar-refractivity contribution in [3.8, 4) is 0 Å². The van der Waals surface area contributed by atoms with E-state index in [2.05, 4.69) is 41.0 Å². The molecule has 0 aromatic carbocycles. The maximum Gasteiger partial charge on any atom is 0.243 e. The van der Waals surface area contributed by atoms with Crippen LogP contribution in [0.2, 0.25) is 0 Å². The summed E-state index contributed by atoms with van der Waals surface area (Å²) >= 11 is 1.72. The van der Waals surface area contributed by atoms with Crippen molar-refractivity contribution in [2.45, 2.75) is 39.7 Å². The Labute approximate surface area is 166 Å². The van der Waals surface area contributed by atoms with Crippen molar-refractivity contribution in [2.75, 3.05) is 34.2 Å². The Bertz CT molecular complexity index is 532. The third-order valence-electron chi connectivity index (χ3n) is 3.54. The number of aryl methyl sites for hydroxylation is 1. The lowest BCUT2D eigenvalue weighted by atomic mass is 10.3. The van der Waals surface area contributed by atoms with Gasteiger partial charge in [-0.2, -0.15) is 0 Å². The molecular weight excluding hydrogens is 437 g/mol. The van der Waals surface area contributed by atoms with E-state index in [0.717, 1.165) is 30.4 Å². The molecule has 0 aliphatic rings. The number of thiazole rings is 1. The number of carbonyl (C=O) groups is 1. The molecule has 1 rings (SSSR count). The molecule has 1 amide bonds. The van der Waals surface area contributed by atoms with Gasteiger partial charge in [-0.25, -0.2) is 9.98 Å². The van der Waals surface area contributed by atoms with E-state index >= 15 is 0 Å². The number of guanidine groups is 1. The van der Waals surface area contributed by atoms with Crippen LogP contribution in [0.15, 0.2) is 11.2 Å². The summed E-state index contributed by atoms with van der Waals surface area (Å²) in [6.07, 6.45) is 3.78. The minimum Gasteiger partial charge on any atom is -0.354 e. The van der Waals surface area contributed by atoms with E-state index < -0.39 is 0 Å². The first-order valence-corrected chi connectivity index (χ1v) is 8.78. The zero-order chi connectivity index (χ0) is 17.4. The Kier molecular flexibility index (Phi) is 11.2. The van der Waals surface area contributed by atoms with Crippen LogP contribution >= 0.6 is 35.3 Å². The van der Waals surface area contributed by atoms with Gasteiger partial charge in [0.1, 0.15) is 6.54 Å². The molecule has 0 bridgehead atoms. The summed E-state index contributed by atoms with van der Waals surface area (Å²) in [6.45, 7) is 7.27. The van der Waals surface area contributed by atoms with Crippen molar-refractivity contribution in [2.24, 2.45) is 4.99 Å². The van der Waals surface area contributed by atoms with Gasteiger partial charge in [-0.1, -0.05) is 6.92 Å². The highest BCUT2D eigenvalue weighted by atomic mass is 127. The Hall–Kier alpha value is -0.900. The predicted molar refractivity (Wildman–Crippen MR) is 112 cm³/mol. The highest BCUT2D eigenvalue weighted by Crippen LogP contribution is 2.11. The summed E-state index contributed by atoms with van der Waals surface area (Å²) in [4.78, 5) is 25.5. The van der Waals surface area contributed by atoms with Gasteiger partial charge in [-0.05, 0) is 20.3 Å². The molecule has 24 heavy (non-hydrogen) atoms. The van der Waals surface area contributed by atoms with Crippen molar-refractivity contribution in [1.29, 1.82) is 0 Å². The van der Waals surface area contributed by atoms with E-state index in [1.807, 2.05) is 13.2 Å². The quantitative estimate of drug-likeness (QED) is 0.380. The Morgan fingerprint density at radius 3 is 2.58 bits per heavy atom. The number of nitrogens with one attached hydrogen (secondary N) is 1. The predicted octanol–water partition coefficient (Wildman–Crippen LogP) is 2.38. The van der Waals surface area contributed by atoms with E-state index in [9.17, 15) is 4.79 Å². The third-order valence-corrected chi connectivity index (χ3v) is 4.52. The highest BCUT2D eigenvalue weighted by molar-refractivity contribution is 14.0. The van der Waals surface area contributed by atoms with E-state index in [4.69, 9.17) is 0 Å². The van der Waals surface area contributed by atoms with E-state index in [0.29, 0.717) is 6.04 Å². The second kappa shape index (κ2) is 11.6. The molecule has 138 valence electrons. The van der Waals surface area contributed by atoms with Crippen LogP contribution in [0.25, 0.3) is 0 Å². The van der Waals surface area contributed by atoms with Crippen molar-refractivity contribution in [3.05, 3.63) is 16.1 Å². The first kappa shape index (κ1) is 23.1. The molecule has 0 aliphatic carbocycles. The van der Waals surface area contributed by atoms with Crippen LogP contribution in [-0.2, 0) is 11.2 Å². The number of rotatable bonds is 7. The fourth-order valence-electron chi connectivity index (χ4n) is 1.77. The smallest absolute Gasteiger partial charge is 0.243 e. The minimum absolute atomic E-state index is 0. The van der Waals surface area contributed by atoms with Gasteiger partial charge in [0.2, 0.25) is 5.91 Å². The van der Waals surface area contributed by atoms with Crippen molar-refractivity contribution >= 4 is 47.2 Å². The van der Waals surface area contributed by atoms with Crippen LogP contribution in [-0.4, -0.2) is 66.9 Å². The zero-order valence-electron chi connectivity index (χ0n) is 15.5. The topological polar surface area (TPSA) is 60.8 Å². The van der Waals surface area contributed by atoms with E-state index in [-0.39, 0.29) is 36.4 Å². The molecule has 0 saturated carbocycles. The number of aromatic nitrogens is 1. The van der Waals surface area contributed by atoms with Crippen LogP contribution in [0.4, 0.5) is 0 Å². The van der Waals surface area contributed by atoms with Crippen molar-refractivity contribution in [3.63, 3.8) is 0 Å². The van der Waals surface area contributed by atoms with Gasteiger partial charge in [-0.3, -0.25) is 4.79 Å². The first-order valence-electron chi connectivity index (χ1n) is 7.97. The van der Waals surface area contributed by atoms with Crippen LogP contribution in [0.3, 0.4) is 0 Å². The summed E-state index contributed by atoms with van der Waals surface area (Å²) in [7, 11) is 5.48. The SMILES string of the molecule is CCC(C)NC(=NCC(=O)N(C)C)N(C)CCc1ncc(C)s1.I. The molecule has 1 heterocycles. The normalized spacial score (nSPS) is 12.3. The molecule has 0 saturated heterocycles. The largest absolute Gasteiger partial charge is 0.354 e. The van der Waals surface area contributed by atoms with Gasteiger partial charge >= 0.3 is 0 Å². The maximum atomic E-state index is 11.8. The van der Waals surface area contributed by atoms with Crippen LogP contribution < -0.4 is 5.32 Å². The molecule has 1 aromatic heterocycles. The monoisotopic (exact) mass is 467 g/mol. The fraction of sp³-hybridized carbons (Fsp3) is 0.688. The Morgan fingerprint density at radius 2 is 2.08 bits per heavy atom. The lowest BCUT2D eigenvalue weighted by Crippen LogP contribution is -2.44. The fourth-order valence-corrected chi connectivity index (χ4v) is 2.55. The molecule has 0 radical (unpaired) electrons. The molecule has 8 heteroatoms. The molecule has 1 unspecified atom stereocenters. The Morgan fingerprint density at radius 1 is 1.42 bits per heavy atom. The summed E-state index contributed by atoms with van der Waals surface area (Å²) in [5.74, 6) is 0.764. The second-order valence-electron chi connectivity index (χ2n) is 5.92. The standard InChI is InChI=1S/C16H29N5OS.HI/c1-7-12(2)19-16(18-11-15(22)20(4)5)21(6)9-8-14-17-10-13(3)23-14;/h10,12H,7-9,11H2,1-6H3,(H,18,19);1H. The average Bonchev–Trinajstić information content (AvgIpc) is 2.93. The molecule has 1 atom stereocenters. The second-order valence-corrected chi connectivity index (χ2v) is 7.24. The lowest BCUT2D eigenvalue weighted by Gasteiger charge is -2.25. The number of aliphatic imine (C=N–C) groups is 1. The lowest BCUT2D eigenvalue weighted by molar-refractivity contribution is -0.127. The molecule has 1 N–H and O–H groups in total. The van der Waals surface area contributed by atoms with Gasteiger partial charge in [0.15, 0.2) is 5.96 Å². The summed E-state index contributed by atoms with van der Waals surface area (Å²) < 4.78 is 0. The van der Waals surface area contributed by atoms with Gasteiger partial charge in [-0.15, -0.1) is 35.3 Å². The van der Waals surface area contributed by atoms with Crippen LogP contribution in [0.1, 0.15) is 30.2 Å². The van der Waals surface area contributed by atoms with Crippen LogP contribution in [0.5, 0.6) is 0 Å². The maximum absolute atomic E-state index is 11.8.